The number of hydrogen-bond donors (Lipinski definition) is 0. The summed E-state index contributed by atoms with van der Waals surface area (Å²) in [5.74, 6) is 0.529. The zero-order chi connectivity index (χ0) is 10.7. The van der Waals surface area contributed by atoms with Crippen molar-refractivity contribution in [2.24, 2.45) is 0 Å². The Kier molecular flexibility index (Phi) is 3.28. The topological polar surface area (TPSA) is 9.23 Å². The molecule has 76 valence electrons. The summed E-state index contributed by atoms with van der Waals surface area (Å²) in [7, 11) is 1.60. The molecule has 0 aliphatic carbocycles. The number of ether oxygens (including phenoxy) is 1. The van der Waals surface area contributed by atoms with Crippen molar-refractivity contribution >= 4 is 5.57 Å². The lowest BCUT2D eigenvalue weighted by atomic mass is 10.0. The van der Waals surface area contributed by atoms with E-state index in [-0.39, 0.29) is 5.82 Å². The lowest BCUT2D eigenvalue weighted by Crippen LogP contribution is -1.94. The van der Waals surface area contributed by atoms with Gasteiger partial charge in [-0.05, 0) is 44.0 Å². The van der Waals surface area contributed by atoms with E-state index < -0.39 is 0 Å². The summed E-state index contributed by atoms with van der Waals surface area (Å²) >= 11 is 0. The number of hydrogen-bond acceptors (Lipinski definition) is 1. The van der Waals surface area contributed by atoms with Crippen molar-refractivity contribution < 1.29 is 9.13 Å². The van der Waals surface area contributed by atoms with Gasteiger partial charge >= 0.3 is 0 Å². The van der Waals surface area contributed by atoms with E-state index >= 15 is 0 Å². The van der Waals surface area contributed by atoms with Crippen LogP contribution in [0.1, 0.15) is 25.0 Å². The van der Waals surface area contributed by atoms with E-state index in [4.69, 9.17) is 4.74 Å². The predicted molar refractivity (Wildman–Crippen MR) is 57.0 cm³/mol. The van der Waals surface area contributed by atoms with Crippen molar-refractivity contribution in [2.45, 2.75) is 20.8 Å². The quantitative estimate of drug-likeness (QED) is 0.699. The second-order valence-electron chi connectivity index (χ2n) is 3.28. The van der Waals surface area contributed by atoms with Crippen molar-refractivity contribution in [2.75, 3.05) is 7.11 Å². The van der Waals surface area contributed by atoms with E-state index in [9.17, 15) is 4.39 Å². The third-order valence-electron chi connectivity index (χ3n) is 2.30. The highest BCUT2D eigenvalue weighted by molar-refractivity contribution is 5.70. The third-order valence-corrected chi connectivity index (χ3v) is 2.30. The molecule has 0 aliphatic rings. The number of allylic oxidation sites excluding steroid dienone is 2. The molecule has 0 saturated heterocycles. The molecular formula is C12H15FO. The van der Waals surface area contributed by atoms with Crippen LogP contribution in [0.5, 0.6) is 5.75 Å². The van der Waals surface area contributed by atoms with Gasteiger partial charge < -0.3 is 4.74 Å². The van der Waals surface area contributed by atoms with Gasteiger partial charge in [0.25, 0.3) is 0 Å². The number of methoxy groups -OCH3 is 1. The molecule has 0 heterocycles. The summed E-state index contributed by atoms with van der Waals surface area (Å²) in [6, 6.07) is 2.98. The Balaban J connectivity index is 3.39. The summed E-state index contributed by atoms with van der Waals surface area (Å²) < 4.78 is 18.4. The van der Waals surface area contributed by atoms with E-state index in [0.717, 1.165) is 22.4 Å². The van der Waals surface area contributed by atoms with E-state index in [1.807, 2.05) is 26.8 Å². The Morgan fingerprint density at radius 1 is 1.43 bits per heavy atom. The first kappa shape index (κ1) is 10.8. The summed E-state index contributed by atoms with van der Waals surface area (Å²) in [4.78, 5) is 0. The molecule has 0 N–H and O–H groups in total. The number of rotatable bonds is 2. The van der Waals surface area contributed by atoms with Gasteiger partial charge in [0.05, 0.1) is 7.11 Å². The minimum Gasteiger partial charge on any atom is -0.496 e. The van der Waals surface area contributed by atoms with Crippen LogP contribution in [0.4, 0.5) is 4.39 Å². The maximum atomic E-state index is 13.2. The molecule has 0 fully saturated rings. The lowest BCUT2D eigenvalue weighted by Gasteiger charge is -2.11. The molecule has 0 amide bonds. The smallest absolute Gasteiger partial charge is 0.129 e. The largest absolute Gasteiger partial charge is 0.496 e. The molecule has 1 aromatic rings. The minimum absolute atomic E-state index is 0.223. The van der Waals surface area contributed by atoms with Crippen molar-refractivity contribution in [1.29, 1.82) is 0 Å². The van der Waals surface area contributed by atoms with E-state index in [2.05, 4.69) is 0 Å². The van der Waals surface area contributed by atoms with E-state index in [1.165, 1.54) is 12.1 Å². The van der Waals surface area contributed by atoms with Gasteiger partial charge in [0.2, 0.25) is 0 Å². The predicted octanol–water partition coefficient (Wildman–Crippen LogP) is 3.57. The first-order valence-electron chi connectivity index (χ1n) is 4.57. The summed E-state index contributed by atoms with van der Waals surface area (Å²) in [5, 5.41) is 0. The molecule has 0 aliphatic heterocycles. The second-order valence-corrected chi connectivity index (χ2v) is 3.28. The first-order chi connectivity index (χ1) is 6.60. The molecule has 1 aromatic carbocycles. The minimum atomic E-state index is -0.223. The van der Waals surface area contributed by atoms with Crippen LogP contribution in [-0.4, -0.2) is 7.11 Å². The summed E-state index contributed by atoms with van der Waals surface area (Å²) in [6.45, 7) is 5.71. The monoisotopic (exact) mass is 194 g/mol. The maximum Gasteiger partial charge on any atom is 0.129 e. The highest BCUT2D eigenvalue weighted by atomic mass is 19.1. The number of aryl methyl sites for hydroxylation is 1. The molecule has 0 bridgehead atoms. The van der Waals surface area contributed by atoms with Crippen LogP contribution in [-0.2, 0) is 0 Å². The molecule has 2 heteroatoms. The molecule has 14 heavy (non-hydrogen) atoms. The van der Waals surface area contributed by atoms with Gasteiger partial charge in [-0.1, -0.05) is 6.08 Å². The lowest BCUT2D eigenvalue weighted by molar-refractivity contribution is 0.409. The zero-order valence-corrected chi connectivity index (χ0v) is 9.02. The summed E-state index contributed by atoms with van der Waals surface area (Å²) in [6.07, 6.45) is 1.94. The Bertz CT molecular complexity index is 367. The molecule has 0 saturated carbocycles. The van der Waals surface area contributed by atoms with E-state index in [1.54, 1.807) is 7.11 Å². The van der Waals surface area contributed by atoms with Crippen LogP contribution in [0.2, 0.25) is 0 Å². The van der Waals surface area contributed by atoms with Crippen LogP contribution in [0.3, 0.4) is 0 Å². The Morgan fingerprint density at radius 2 is 2.07 bits per heavy atom. The fourth-order valence-electron chi connectivity index (χ4n) is 1.45. The van der Waals surface area contributed by atoms with Crippen LogP contribution >= 0.6 is 0 Å². The standard InChI is InChI=1S/C12H15FO/c1-5-8(2)11-7-10(13)6-9(3)12(11)14-4/h5-7H,1-4H3/b8-5+. The third kappa shape index (κ3) is 1.95. The van der Waals surface area contributed by atoms with Crippen LogP contribution in [0.15, 0.2) is 18.2 Å². The Labute approximate surface area is 84.2 Å². The maximum absolute atomic E-state index is 13.2. The highest BCUT2D eigenvalue weighted by Gasteiger charge is 2.09. The molecule has 0 radical (unpaired) electrons. The van der Waals surface area contributed by atoms with Gasteiger partial charge in [-0.3, -0.25) is 0 Å². The average Bonchev–Trinajstić information content (AvgIpc) is 2.15. The van der Waals surface area contributed by atoms with Gasteiger partial charge in [-0.15, -0.1) is 0 Å². The number of halogens is 1. The molecule has 1 nitrogen and oxygen atoms in total. The molecule has 0 aromatic heterocycles. The van der Waals surface area contributed by atoms with Crippen molar-refractivity contribution in [3.63, 3.8) is 0 Å². The van der Waals surface area contributed by atoms with Gasteiger partial charge in [0.1, 0.15) is 11.6 Å². The molecular weight excluding hydrogens is 179 g/mol. The summed E-state index contributed by atoms with van der Waals surface area (Å²) in [5.41, 5.74) is 2.67. The van der Waals surface area contributed by atoms with Crippen molar-refractivity contribution in [3.05, 3.63) is 35.2 Å². The van der Waals surface area contributed by atoms with Crippen molar-refractivity contribution in [1.82, 2.24) is 0 Å². The fraction of sp³-hybridized carbons (Fsp3) is 0.333. The highest BCUT2D eigenvalue weighted by Crippen LogP contribution is 2.30. The van der Waals surface area contributed by atoms with Gasteiger partial charge in [0.15, 0.2) is 0 Å². The Morgan fingerprint density at radius 3 is 2.57 bits per heavy atom. The van der Waals surface area contributed by atoms with Crippen LogP contribution in [0.25, 0.3) is 5.57 Å². The van der Waals surface area contributed by atoms with Gasteiger partial charge in [-0.2, -0.15) is 0 Å². The zero-order valence-electron chi connectivity index (χ0n) is 9.02. The van der Waals surface area contributed by atoms with Crippen LogP contribution in [0, 0.1) is 12.7 Å². The van der Waals surface area contributed by atoms with Gasteiger partial charge in [-0.25, -0.2) is 4.39 Å². The second kappa shape index (κ2) is 4.27. The van der Waals surface area contributed by atoms with Crippen LogP contribution < -0.4 is 4.74 Å². The van der Waals surface area contributed by atoms with E-state index in [0.29, 0.717) is 0 Å². The SMILES string of the molecule is C/C=C(\C)c1cc(F)cc(C)c1OC. The Hall–Kier alpha value is -1.31. The average molecular weight is 194 g/mol. The molecule has 0 spiro atoms. The number of benzene rings is 1. The van der Waals surface area contributed by atoms with Gasteiger partial charge in [0, 0.05) is 5.56 Å². The normalized spacial score (nSPS) is 11.6. The fourth-order valence-corrected chi connectivity index (χ4v) is 1.45. The van der Waals surface area contributed by atoms with Crippen molar-refractivity contribution in [3.8, 4) is 5.75 Å². The molecule has 0 unspecified atom stereocenters. The first-order valence-corrected chi connectivity index (χ1v) is 4.57. The molecule has 1 rings (SSSR count). The molecule has 0 atom stereocenters.